The lowest BCUT2D eigenvalue weighted by atomic mass is 9.98. The predicted octanol–water partition coefficient (Wildman–Crippen LogP) is 4.94. The quantitative estimate of drug-likeness (QED) is 0.260. The van der Waals surface area contributed by atoms with Crippen LogP contribution in [-0.4, -0.2) is 41.3 Å². The Kier molecular flexibility index (Phi) is 7.91. The second kappa shape index (κ2) is 11.9. The van der Waals surface area contributed by atoms with Gasteiger partial charge >= 0.3 is 5.97 Å². The first-order valence-corrected chi connectivity index (χ1v) is 13.3. The van der Waals surface area contributed by atoms with Crippen LogP contribution < -0.4 is 5.56 Å². The van der Waals surface area contributed by atoms with Gasteiger partial charge in [-0.25, -0.2) is 9.78 Å². The van der Waals surface area contributed by atoms with Gasteiger partial charge in [-0.3, -0.25) is 9.36 Å². The lowest BCUT2D eigenvalue weighted by Gasteiger charge is -2.17. The van der Waals surface area contributed by atoms with E-state index in [4.69, 9.17) is 4.98 Å². The molecule has 0 atom stereocenters. The number of aryl methyl sites for hydroxylation is 2. The van der Waals surface area contributed by atoms with Gasteiger partial charge in [-0.1, -0.05) is 74.5 Å². The van der Waals surface area contributed by atoms with Crippen molar-refractivity contribution < 1.29 is 9.90 Å². The molecule has 0 aliphatic heterocycles. The third-order valence-electron chi connectivity index (χ3n) is 6.91. The summed E-state index contributed by atoms with van der Waals surface area (Å²) in [6, 6.07) is 22.7. The van der Waals surface area contributed by atoms with Crippen LogP contribution in [0.4, 0.5) is 0 Å². The highest BCUT2D eigenvalue weighted by molar-refractivity contribution is 5.87. The summed E-state index contributed by atoms with van der Waals surface area (Å²) >= 11 is 0. The fraction of sp³-hybridized carbons (Fsp3) is 0.226. The van der Waals surface area contributed by atoms with Gasteiger partial charge in [-0.2, -0.15) is 5.21 Å². The van der Waals surface area contributed by atoms with E-state index in [1.165, 1.54) is 0 Å². The van der Waals surface area contributed by atoms with Gasteiger partial charge in [0.1, 0.15) is 5.82 Å². The summed E-state index contributed by atoms with van der Waals surface area (Å²) in [7, 11) is 0. The normalized spacial score (nSPS) is 11.1. The van der Waals surface area contributed by atoms with E-state index >= 15 is 0 Å². The molecule has 0 saturated carbocycles. The molecule has 40 heavy (non-hydrogen) atoms. The number of aromatic amines is 1. The van der Waals surface area contributed by atoms with Gasteiger partial charge in [-0.05, 0) is 52.4 Å². The maximum Gasteiger partial charge on any atom is 0.335 e. The molecule has 0 aliphatic carbocycles. The molecule has 202 valence electrons. The van der Waals surface area contributed by atoms with Crippen LogP contribution in [0.15, 0.2) is 77.6 Å². The number of benzene rings is 3. The van der Waals surface area contributed by atoms with Crippen molar-refractivity contribution in [1.82, 2.24) is 30.2 Å². The lowest BCUT2D eigenvalue weighted by molar-refractivity contribution is 0.0696. The molecule has 9 heteroatoms. The van der Waals surface area contributed by atoms with Gasteiger partial charge in [0, 0.05) is 24.0 Å². The smallest absolute Gasteiger partial charge is 0.335 e. The molecule has 0 fully saturated rings. The van der Waals surface area contributed by atoms with E-state index < -0.39 is 5.97 Å². The summed E-state index contributed by atoms with van der Waals surface area (Å²) in [5.41, 5.74) is 6.10. The second-order valence-electron chi connectivity index (χ2n) is 9.61. The summed E-state index contributed by atoms with van der Waals surface area (Å²) in [5.74, 6) is 0.299. The summed E-state index contributed by atoms with van der Waals surface area (Å²) in [6.45, 7) is 4.45. The molecule has 0 spiro atoms. The third kappa shape index (κ3) is 5.58. The first-order chi connectivity index (χ1) is 19.5. The van der Waals surface area contributed by atoms with Crippen molar-refractivity contribution in [3.8, 4) is 22.5 Å². The van der Waals surface area contributed by atoms with Crippen LogP contribution >= 0.6 is 0 Å². The molecule has 0 saturated heterocycles. The van der Waals surface area contributed by atoms with Crippen LogP contribution in [0.3, 0.4) is 0 Å². The van der Waals surface area contributed by atoms with Crippen LogP contribution in [0.25, 0.3) is 22.5 Å². The number of rotatable bonds is 10. The minimum absolute atomic E-state index is 0.0810. The van der Waals surface area contributed by atoms with Crippen LogP contribution in [0.5, 0.6) is 0 Å². The molecule has 2 heterocycles. The molecule has 0 bridgehead atoms. The van der Waals surface area contributed by atoms with Gasteiger partial charge < -0.3 is 5.11 Å². The Morgan fingerprint density at radius 3 is 2.40 bits per heavy atom. The molecule has 3 aromatic carbocycles. The number of carboxylic acid groups (broad SMARTS) is 1. The fourth-order valence-electron chi connectivity index (χ4n) is 4.93. The van der Waals surface area contributed by atoms with Crippen molar-refractivity contribution in [2.75, 3.05) is 0 Å². The number of carboxylic acids is 1. The molecule has 2 N–H and O–H groups in total. The van der Waals surface area contributed by atoms with Crippen molar-refractivity contribution in [1.29, 1.82) is 0 Å². The maximum atomic E-state index is 13.9. The van der Waals surface area contributed by atoms with Crippen molar-refractivity contribution in [3.05, 3.63) is 117 Å². The number of hydrogen-bond donors (Lipinski definition) is 2. The largest absolute Gasteiger partial charge is 0.478 e. The van der Waals surface area contributed by atoms with Crippen molar-refractivity contribution >= 4 is 5.97 Å². The van der Waals surface area contributed by atoms with Gasteiger partial charge in [0.2, 0.25) is 5.82 Å². The van der Waals surface area contributed by atoms with Crippen molar-refractivity contribution in [3.63, 3.8) is 0 Å². The first-order valence-electron chi connectivity index (χ1n) is 13.3. The van der Waals surface area contributed by atoms with Crippen LogP contribution in [-0.2, 0) is 25.8 Å². The number of nitrogens with one attached hydrogen (secondary N) is 1. The average Bonchev–Trinajstić information content (AvgIpc) is 3.52. The topological polar surface area (TPSA) is 127 Å². The minimum Gasteiger partial charge on any atom is -0.478 e. The maximum absolute atomic E-state index is 13.9. The Morgan fingerprint density at radius 1 is 0.950 bits per heavy atom. The summed E-state index contributed by atoms with van der Waals surface area (Å²) < 4.78 is 1.77. The molecule has 9 nitrogen and oxygen atoms in total. The number of nitrogens with zero attached hydrogens (tertiary/aromatic N) is 5. The molecule has 0 unspecified atom stereocenters. The Labute approximate surface area is 231 Å². The highest BCUT2D eigenvalue weighted by atomic mass is 16.4. The van der Waals surface area contributed by atoms with E-state index in [9.17, 15) is 14.7 Å². The number of H-pyrrole nitrogens is 1. The van der Waals surface area contributed by atoms with E-state index in [2.05, 4.69) is 27.5 Å². The van der Waals surface area contributed by atoms with Gasteiger partial charge in [-0.15, -0.1) is 10.2 Å². The van der Waals surface area contributed by atoms with Gasteiger partial charge in [0.25, 0.3) is 5.56 Å². The molecular formula is C31H30N6O3. The Bertz CT molecular complexity index is 1690. The molecule has 5 aromatic rings. The minimum atomic E-state index is -0.991. The summed E-state index contributed by atoms with van der Waals surface area (Å²) in [6.07, 6.45) is 2.50. The standard InChI is InChI=1S/C31H30N6O3/c1-3-8-28-32-27(4-2)26(18-21-9-7-10-23(17-21)31(39)40)30(38)37(28)19-20-13-15-22(16-14-20)24-11-5-6-12-25(24)29-33-35-36-34-29/h5-7,9-17H,3-4,8,18-19H2,1-2H3,(H,39,40)(H,33,34,35,36). The number of tetrazole rings is 1. The molecule has 0 radical (unpaired) electrons. The fourth-order valence-corrected chi connectivity index (χ4v) is 4.93. The van der Waals surface area contributed by atoms with Crippen LogP contribution in [0.2, 0.25) is 0 Å². The van der Waals surface area contributed by atoms with E-state index in [0.29, 0.717) is 37.2 Å². The second-order valence-corrected chi connectivity index (χ2v) is 9.61. The zero-order valence-electron chi connectivity index (χ0n) is 22.5. The number of carbonyl (C=O) groups is 1. The monoisotopic (exact) mass is 534 g/mol. The van der Waals surface area contributed by atoms with E-state index in [-0.39, 0.29) is 11.1 Å². The third-order valence-corrected chi connectivity index (χ3v) is 6.91. The Hall–Kier alpha value is -4.92. The van der Waals surface area contributed by atoms with E-state index in [1.54, 1.807) is 22.8 Å². The van der Waals surface area contributed by atoms with Gasteiger partial charge in [0.05, 0.1) is 17.8 Å². The highest BCUT2D eigenvalue weighted by Gasteiger charge is 2.17. The number of aromatic carboxylic acids is 1. The summed E-state index contributed by atoms with van der Waals surface area (Å²) in [5, 5.41) is 23.8. The van der Waals surface area contributed by atoms with Crippen molar-refractivity contribution in [2.45, 2.75) is 46.1 Å². The molecule has 5 rings (SSSR count). The molecular weight excluding hydrogens is 504 g/mol. The first kappa shape index (κ1) is 26.7. The number of aromatic nitrogens is 6. The average molecular weight is 535 g/mol. The van der Waals surface area contributed by atoms with E-state index in [1.807, 2.05) is 61.5 Å². The lowest BCUT2D eigenvalue weighted by Crippen LogP contribution is -2.31. The Balaban J connectivity index is 1.49. The van der Waals surface area contributed by atoms with Crippen LogP contribution in [0.1, 0.15) is 58.8 Å². The predicted molar refractivity (Wildman–Crippen MR) is 152 cm³/mol. The van der Waals surface area contributed by atoms with E-state index in [0.717, 1.165) is 45.8 Å². The molecule has 2 aromatic heterocycles. The SMILES string of the molecule is CCCc1nc(CC)c(Cc2cccc(C(=O)O)c2)c(=O)n1Cc1ccc(-c2ccccc2-c2nn[nH]n2)cc1. The van der Waals surface area contributed by atoms with Crippen LogP contribution in [0, 0.1) is 0 Å². The molecule has 0 amide bonds. The number of hydrogen-bond acceptors (Lipinski definition) is 6. The zero-order valence-corrected chi connectivity index (χ0v) is 22.5. The van der Waals surface area contributed by atoms with Gasteiger partial charge in [0.15, 0.2) is 0 Å². The van der Waals surface area contributed by atoms with Crippen molar-refractivity contribution in [2.24, 2.45) is 0 Å². The summed E-state index contributed by atoms with van der Waals surface area (Å²) in [4.78, 5) is 30.3. The Morgan fingerprint density at radius 2 is 1.73 bits per heavy atom. The highest BCUT2D eigenvalue weighted by Crippen LogP contribution is 2.30. The zero-order chi connectivity index (χ0) is 28.1. The molecule has 0 aliphatic rings.